The number of hydrogen-bond acceptors (Lipinski definition) is 4. The van der Waals surface area contributed by atoms with E-state index >= 15 is 0 Å². The van der Waals surface area contributed by atoms with Crippen LogP contribution in [0.4, 0.5) is 0 Å². The van der Waals surface area contributed by atoms with Crippen molar-refractivity contribution in [3.05, 3.63) is 39.4 Å². The second-order valence-electron chi connectivity index (χ2n) is 5.10. The van der Waals surface area contributed by atoms with Gasteiger partial charge in [0.1, 0.15) is 5.01 Å². The summed E-state index contributed by atoms with van der Waals surface area (Å²) in [5, 5.41) is 4.67. The van der Waals surface area contributed by atoms with E-state index in [1.165, 1.54) is 19.3 Å². The number of aromatic nitrogens is 1. The zero-order chi connectivity index (χ0) is 14.7. The van der Waals surface area contributed by atoms with Crippen LogP contribution in [0.25, 0.3) is 10.4 Å². The Balaban J connectivity index is 1.68. The highest BCUT2D eigenvalue weighted by Crippen LogP contribution is 2.37. The molecule has 2 aromatic rings. The predicted octanol–water partition coefficient (Wildman–Crippen LogP) is 4.61. The maximum absolute atomic E-state index is 6.24. The van der Waals surface area contributed by atoms with Crippen LogP contribution in [0.1, 0.15) is 24.3 Å². The fourth-order valence-corrected chi connectivity index (χ4v) is 4.11. The van der Waals surface area contributed by atoms with Gasteiger partial charge in [0.25, 0.3) is 0 Å². The van der Waals surface area contributed by atoms with Gasteiger partial charge in [-0.15, -0.1) is 11.3 Å². The van der Waals surface area contributed by atoms with Crippen LogP contribution >= 0.6 is 34.5 Å². The Labute approximate surface area is 138 Å². The standard InChI is InChI=1S/C15H17Cl2N3S/c16-11-5-4-6-12(17)15(11)13-9-18-14(21-13)10-19-20-7-2-1-3-8-20/h4-6,9,19H,1-3,7-8,10H2. The summed E-state index contributed by atoms with van der Waals surface area (Å²) in [7, 11) is 0. The van der Waals surface area contributed by atoms with E-state index in [0.717, 1.165) is 35.1 Å². The zero-order valence-electron chi connectivity index (χ0n) is 11.6. The van der Waals surface area contributed by atoms with Gasteiger partial charge in [-0.05, 0) is 25.0 Å². The van der Waals surface area contributed by atoms with Gasteiger partial charge in [-0.3, -0.25) is 0 Å². The van der Waals surface area contributed by atoms with E-state index in [1.807, 2.05) is 24.4 Å². The zero-order valence-corrected chi connectivity index (χ0v) is 13.9. The van der Waals surface area contributed by atoms with E-state index in [9.17, 15) is 0 Å². The minimum Gasteiger partial charge on any atom is -0.248 e. The summed E-state index contributed by atoms with van der Waals surface area (Å²) in [5.41, 5.74) is 4.32. The van der Waals surface area contributed by atoms with Gasteiger partial charge in [0.2, 0.25) is 0 Å². The molecule has 0 aliphatic carbocycles. The molecular formula is C15H17Cl2N3S. The second kappa shape index (κ2) is 7.07. The van der Waals surface area contributed by atoms with Crippen LogP contribution in [0.5, 0.6) is 0 Å². The van der Waals surface area contributed by atoms with Gasteiger partial charge in [-0.25, -0.2) is 15.4 Å². The van der Waals surface area contributed by atoms with Crippen LogP contribution in [-0.2, 0) is 6.54 Å². The second-order valence-corrected chi connectivity index (χ2v) is 7.03. The molecule has 0 amide bonds. The third-order valence-corrected chi connectivity index (χ3v) is 5.22. The molecule has 0 atom stereocenters. The van der Waals surface area contributed by atoms with Gasteiger partial charge in [0.15, 0.2) is 0 Å². The molecule has 1 aliphatic heterocycles. The average molecular weight is 342 g/mol. The van der Waals surface area contributed by atoms with Gasteiger partial charge in [-0.2, -0.15) is 0 Å². The largest absolute Gasteiger partial charge is 0.248 e. The highest BCUT2D eigenvalue weighted by atomic mass is 35.5. The molecule has 0 radical (unpaired) electrons. The fraction of sp³-hybridized carbons (Fsp3) is 0.400. The number of nitrogens with one attached hydrogen (secondary N) is 1. The number of benzene rings is 1. The highest BCUT2D eigenvalue weighted by Gasteiger charge is 2.13. The Kier molecular flexibility index (Phi) is 5.14. The van der Waals surface area contributed by atoms with E-state index in [2.05, 4.69) is 15.4 Å². The molecule has 6 heteroatoms. The monoisotopic (exact) mass is 341 g/mol. The molecule has 2 heterocycles. The van der Waals surface area contributed by atoms with Crippen molar-refractivity contribution in [2.24, 2.45) is 0 Å². The van der Waals surface area contributed by atoms with E-state index in [0.29, 0.717) is 10.0 Å². The van der Waals surface area contributed by atoms with Crippen LogP contribution in [0.3, 0.4) is 0 Å². The van der Waals surface area contributed by atoms with Crippen LogP contribution in [-0.4, -0.2) is 23.1 Å². The van der Waals surface area contributed by atoms with Crippen molar-refractivity contribution in [2.45, 2.75) is 25.8 Å². The van der Waals surface area contributed by atoms with Crippen molar-refractivity contribution in [2.75, 3.05) is 13.1 Å². The molecule has 0 unspecified atom stereocenters. The smallest absolute Gasteiger partial charge is 0.108 e. The van der Waals surface area contributed by atoms with Gasteiger partial charge < -0.3 is 0 Å². The van der Waals surface area contributed by atoms with Crippen LogP contribution in [0, 0.1) is 0 Å². The minimum absolute atomic E-state index is 0.668. The van der Waals surface area contributed by atoms with Crippen LogP contribution in [0.2, 0.25) is 10.0 Å². The van der Waals surface area contributed by atoms with Gasteiger partial charge in [0, 0.05) is 24.8 Å². The first kappa shape index (κ1) is 15.3. The Morgan fingerprint density at radius 2 is 1.86 bits per heavy atom. The summed E-state index contributed by atoms with van der Waals surface area (Å²) in [6.07, 6.45) is 5.73. The number of hydrazine groups is 1. The Bertz CT molecular complexity index is 588. The van der Waals surface area contributed by atoms with Crippen LogP contribution < -0.4 is 5.43 Å². The highest BCUT2D eigenvalue weighted by molar-refractivity contribution is 7.15. The molecular weight excluding hydrogens is 325 g/mol. The molecule has 0 spiro atoms. The summed E-state index contributed by atoms with van der Waals surface area (Å²) in [5.74, 6) is 0. The third-order valence-electron chi connectivity index (χ3n) is 3.57. The number of rotatable bonds is 4. The topological polar surface area (TPSA) is 28.2 Å². The first-order valence-corrected chi connectivity index (χ1v) is 8.69. The van der Waals surface area contributed by atoms with Gasteiger partial charge >= 0.3 is 0 Å². The van der Waals surface area contributed by atoms with Crippen LogP contribution in [0.15, 0.2) is 24.4 Å². The van der Waals surface area contributed by atoms with E-state index in [-0.39, 0.29) is 0 Å². The predicted molar refractivity (Wildman–Crippen MR) is 89.8 cm³/mol. The first-order valence-electron chi connectivity index (χ1n) is 7.11. The summed E-state index contributed by atoms with van der Waals surface area (Å²) >= 11 is 14.1. The molecule has 1 aromatic heterocycles. The SMILES string of the molecule is Clc1cccc(Cl)c1-c1cnc(CNN2CCCCC2)s1. The molecule has 0 bridgehead atoms. The molecule has 0 saturated carbocycles. The van der Waals surface area contributed by atoms with E-state index in [4.69, 9.17) is 23.2 Å². The Hall–Kier alpha value is -0.650. The number of nitrogens with zero attached hydrogens (tertiary/aromatic N) is 2. The maximum Gasteiger partial charge on any atom is 0.108 e. The first-order chi connectivity index (χ1) is 10.2. The number of halogens is 2. The third kappa shape index (κ3) is 3.76. The van der Waals surface area contributed by atoms with Crippen molar-refractivity contribution < 1.29 is 0 Å². The summed E-state index contributed by atoms with van der Waals surface area (Å²) in [6, 6.07) is 5.57. The van der Waals surface area contributed by atoms with Crippen molar-refractivity contribution >= 4 is 34.5 Å². The lowest BCUT2D eigenvalue weighted by atomic mass is 10.2. The van der Waals surface area contributed by atoms with E-state index in [1.54, 1.807) is 11.3 Å². The summed E-state index contributed by atoms with van der Waals surface area (Å²) in [6.45, 7) is 3.00. The van der Waals surface area contributed by atoms with Crippen molar-refractivity contribution in [3.63, 3.8) is 0 Å². The van der Waals surface area contributed by atoms with Gasteiger partial charge in [-0.1, -0.05) is 35.7 Å². The molecule has 1 N–H and O–H groups in total. The maximum atomic E-state index is 6.24. The Morgan fingerprint density at radius 3 is 2.57 bits per heavy atom. The molecule has 3 rings (SSSR count). The lowest BCUT2D eigenvalue weighted by Crippen LogP contribution is -2.41. The number of piperidine rings is 1. The number of hydrogen-bond donors (Lipinski definition) is 1. The molecule has 1 aromatic carbocycles. The molecule has 3 nitrogen and oxygen atoms in total. The van der Waals surface area contributed by atoms with Crippen molar-refractivity contribution in [3.8, 4) is 10.4 Å². The lowest BCUT2D eigenvalue weighted by Gasteiger charge is -2.26. The molecule has 1 aliphatic rings. The minimum atomic E-state index is 0.668. The molecule has 21 heavy (non-hydrogen) atoms. The Morgan fingerprint density at radius 1 is 1.14 bits per heavy atom. The van der Waals surface area contributed by atoms with Crippen molar-refractivity contribution in [1.29, 1.82) is 0 Å². The quantitative estimate of drug-likeness (QED) is 0.880. The lowest BCUT2D eigenvalue weighted by molar-refractivity contribution is 0.151. The molecule has 112 valence electrons. The molecule has 1 saturated heterocycles. The average Bonchev–Trinajstić information content (AvgIpc) is 2.95. The fourth-order valence-electron chi connectivity index (χ4n) is 2.47. The van der Waals surface area contributed by atoms with Crippen molar-refractivity contribution in [1.82, 2.24) is 15.4 Å². The summed E-state index contributed by atoms with van der Waals surface area (Å²) < 4.78 is 0. The van der Waals surface area contributed by atoms with Gasteiger partial charge in [0.05, 0.1) is 21.5 Å². The summed E-state index contributed by atoms with van der Waals surface area (Å²) in [4.78, 5) is 5.49. The normalized spacial score (nSPS) is 16.3. The number of thiazole rings is 1. The van der Waals surface area contributed by atoms with E-state index < -0.39 is 0 Å². The molecule has 1 fully saturated rings.